The van der Waals surface area contributed by atoms with Gasteiger partial charge in [0.15, 0.2) is 0 Å². The number of hydrogen-bond acceptors (Lipinski definition) is 4. The normalized spacial score (nSPS) is 10.9. The van der Waals surface area contributed by atoms with Crippen LogP contribution in [0.4, 0.5) is 0 Å². The van der Waals surface area contributed by atoms with Gasteiger partial charge in [0.05, 0.1) is 6.61 Å². The summed E-state index contributed by atoms with van der Waals surface area (Å²) in [6.45, 7) is 1.94. The Morgan fingerprint density at radius 2 is 1.96 bits per heavy atom. The zero-order valence-electron chi connectivity index (χ0n) is 12.5. The minimum atomic E-state index is -0.610. The molecular formula is C18H14ClNO2S. The number of ether oxygens (including phenoxy) is 1. The van der Waals surface area contributed by atoms with Gasteiger partial charge < -0.3 is 4.74 Å². The zero-order chi connectivity index (χ0) is 16.7. The van der Waals surface area contributed by atoms with Gasteiger partial charge >= 0.3 is 5.97 Å². The Morgan fingerprint density at radius 1 is 1.26 bits per heavy atom. The van der Waals surface area contributed by atoms with Gasteiger partial charge in [0.25, 0.3) is 0 Å². The summed E-state index contributed by atoms with van der Waals surface area (Å²) in [5, 5.41) is 9.83. The summed E-state index contributed by atoms with van der Waals surface area (Å²) in [6, 6.07) is 16.9. The Bertz CT molecular complexity index is 763. The molecule has 0 saturated carbocycles. The second-order valence-corrected chi connectivity index (χ2v) is 6.04. The van der Waals surface area contributed by atoms with E-state index in [0.717, 1.165) is 15.4 Å². The van der Waals surface area contributed by atoms with Crippen LogP contribution in [0.1, 0.15) is 12.5 Å². The Balaban J connectivity index is 2.31. The van der Waals surface area contributed by atoms with E-state index in [-0.39, 0.29) is 12.2 Å². The van der Waals surface area contributed by atoms with Gasteiger partial charge in [-0.2, -0.15) is 5.26 Å². The van der Waals surface area contributed by atoms with Gasteiger partial charge in [-0.1, -0.05) is 41.6 Å². The third kappa shape index (κ3) is 4.88. The number of nitriles is 1. The molecule has 0 saturated heterocycles. The van der Waals surface area contributed by atoms with E-state index < -0.39 is 5.97 Å². The molecule has 0 radical (unpaired) electrons. The fraction of sp³-hybridized carbons (Fsp3) is 0.111. The molecule has 2 aromatic rings. The summed E-state index contributed by atoms with van der Waals surface area (Å²) in [4.78, 5) is 13.7. The van der Waals surface area contributed by atoms with Crippen LogP contribution in [0.2, 0.25) is 5.02 Å². The molecule has 0 fully saturated rings. The lowest BCUT2D eigenvalue weighted by molar-refractivity contribution is -0.137. The summed E-state index contributed by atoms with van der Waals surface area (Å²) in [6.07, 6.45) is 1.55. The third-order valence-electron chi connectivity index (χ3n) is 2.88. The first-order chi connectivity index (χ1) is 11.1. The van der Waals surface area contributed by atoms with Crippen molar-refractivity contribution in [2.75, 3.05) is 6.61 Å². The molecule has 116 valence electrons. The van der Waals surface area contributed by atoms with E-state index in [4.69, 9.17) is 21.6 Å². The number of carbonyl (C=O) groups is 1. The Morgan fingerprint density at radius 3 is 2.61 bits per heavy atom. The number of benzene rings is 2. The Labute approximate surface area is 144 Å². The topological polar surface area (TPSA) is 50.1 Å². The fourth-order valence-electron chi connectivity index (χ4n) is 1.82. The Hall–Kier alpha value is -2.22. The summed E-state index contributed by atoms with van der Waals surface area (Å²) in [5.41, 5.74) is 0.771. The van der Waals surface area contributed by atoms with E-state index in [1.54, 1.807) is 13.0 Å². The lowest BCUT2D eigenvalue weighted by atomic mass is 10.1. The summed E-state index contributed by atoms with van der Waals surface area (Å²) in [7, 11) is 0. The lowest BCUT2D eigenvalue weighted by Crippen LogP contribution is -2.06. The van der Waals surface area contributed by atoms with Crippen LogP contribution >= 0.6 is 23.4 Å². The minimum absolute atomic E-state index is 0.0176. The van der Waals surface area contributed by atoms with Crippen LogP contribution in [0.3, 0.4) is 0 Å². The standard InChI is InChI=1S/C18H14ClNO2S/c1-2-22-18(21)14(12-20)11-13-5-3-4-6-17(13)23-16-9-7-15(19)8-10-16/h3-11H,2H2,1H3/b14-11-. The maximum atomic E-state index is 11.8. The van der Waals surface area contributed by atoms with Gasteiger partial charge in [0, 0.05) is 14.8 Å². The number of rotatable bonds is 5. The van der Waals surface area contributed by atoms with E-state index in [1.807, 2.05) is 54.6 Å². The lowest BCUT2D eigenvalue weighted by Gasteiger charge is -2.07. The highest BCUT2D eigenvalue weighted by Crippen LogP contribution is 2.32. The van der Waals surface area contributed by atoms with Crippen molar-refractivity contribution in [3.8, 4) is 6.07 Å². The smallest absolute Gasteiger partial charge is 0.348 e. The molecule has 0 amide bonds. The van der Waals surface area contributed by atoms with E-state index in [0.29, 0.717) is 5.02 Å². The second kappa shape index (κ2) is 8.42. The monoisotopic (exact) mass is 343 g/mol. The van der Waals surface area contributed by atoms with Gasteiger partial charge in [-0.05, 0) is 48.9 Å². The van der Waals surface area contributed by atoms with Crippen LogP contribution in [0.25, 0.3) is 6.08 Å². The quantitative estimate of drug-likeness (QED) is 0.437. The van der Waals surface area contributed by atoms with E-state index in [1.165, 1.54) is 11.8 Å². The predicted octanol–water partition coefficient (Wildman–Crippen LogP) is 4.96. The average Bonchev–Trinajstić information content (AvgIpc) is 2.56. The molecule has 0 aromatic heterocycles. The van der Waals surface area contributed by atoms with Crippen molar-refractivity contribution in [1.29, 1.82) is 5.26 Å². The largest absolute Gasteiger partial charge is 0.462 e. The van der Waals surface area contributed by atoms with Gasteiger partial charge in [0.1, 0.15) is 11.6 Å². The van der Waals surface area contributed by atoms with Crippen LogP contribution in [0.5, 0.6) is 0 Å². The highest BCUT2D eigenvalue weighted by molar-refractivity contribution is 7.99. The molecule has 0 unspecified atom stereocenters. The molecule has 0 aliphatic heterocycles. The van der Waals surface area contributed by atoms with Crippen molar-refractivity contribution < 1.29 is 9.53 Å². The molecule has 0 N–H and O–H groups in total. The molecule has 2 rings (SSSR count). The van der Waals surface area contributed by atoms with Crippen LogP contribution in [-0.2, 0) is 9.53 Å². The van der Waals surface area contributed by atoms with Crippen molar-refractivity contribution in [2.24, 2.45) is 0 Å². The molecule has 23 heavy (non-hydrogen) atoms. The highest BCUT2D eigenvalue weighted by Gasteiger charge is 2.11. The number of halogens is 1. The maximum Gasteiger partial charge on any atom is 0.348 e. The SMILES string of the molecule is CCOC(=O)/C(C#N)=C\c1ccccc1Sc1ccc(Cl)cc1. The van der Waals surface area contributed by atoms with Crippen molar-refractivity contribution in [3.63, 3.8) is 0 Å². The summed E-state index contributed by atoms with van der Waals surface area (Å²) in [5.74, 6) is -0.610. The molecular weight excluding hydrogens is 330 g/mol. The number of hydrogen-bond donors (Lipinski definition) is 0. The average molecular weight is 344 g/mol. The van der Waals surface area contributed by atoms with Crippen LogP contribution in [-0.4, -0.2) is 12.6 Å². The predicted molar refractivity (Wildman–Crippen MR) is 92.2 cm³/mol. The van der Waals surface area contributed by atoms with Gasteiger partial charge in [-0.3, -0.25) is 0 Å². The molecule has 0 spiro atoms. The first kappa shape index (κ1) is 17.1. The highest BCUT2D eigenvalue weighted by atomic mass is 35.5. The minimum Gasteiger partial charge on any atom is -0.462 e. The van der Waals surface area contributed by atoms with E-state index in [9.17, 15) is 4.79 Å². The molecule has 0 atom stereocenters. The van der Waals surface area contributed by atoms with Gasteiger partial charge in [0.2, 0.25) is 0 Å². The molecule has 2 aromatic carbocycles. The summed E-state index contributed by atoms with van der Waals surface area (Å²) >= 11 is 7.43. The summed E-state index contributed by atoms with van der Waals surface area (Å²) < 4.78 is 4.89. The van der Waals surface area contributed by atoms with Crippen molar-refractivity contribution in [1.82, 2.24) is 0 Å². The number of carbonyl (C=O) groups excluding carboxylic acids is 1. The first-order valence-electron chi connectivity index (χ1n) is 6.95. The van der Waals surface area contributed by atoms with E-state index >= 15 is 0 Å². The molecule has 0 heterocycles. The molecule has 0 aliphatic carbocycles. The first-order valence-corrected chi connectivity index (χ1v) is 8.15. The third-order valence-corrected chi connectivity index (χ3v) is 4.23. The maximum absolute atomic E-state index is 11.8. The van der Waals surface area contributed by atoms with Crippen LogP contribution < -0.4 is 0 Å². The molecule has 0 aliphatic rings. The van der Waals surface area contributed by atoms with Gasteiger partial charge in [-0.25, -0.2) is 4.79 Å². The number of nitrogens with zero attached hydrogens (tertiary/aromatic N) is 1. The Kier molecular flexibility index (Phi) is 6.28. The molecule has 3 nitrogen and oxygen atoms in total. The molecule has 5 heteroatoms. The van der Waals surface area contributed by atoms with Crippen LogP contribution in [0, 0.1) is 11.3 Å². The second-order valence-electron chi connectivity index (χ2n) is 4.48. The van der Waals surface area contributed by atoms with Gasteiger partial charge in [-0.15, -0.1) is 0 Å². The van der Waals surface area contributed by atoms with Crippen molar-refractivity contribution >= 4 is 35.4 Å². The van der Waals surface area contributed by atoms with Crippen LogP contribution in [0.15, 0.2) is 63.9 Å². The fourth-order valence-corrected chi connectivity index (χ4v) is 2.87. The van der Waals surface area contributed by atoms with Crippen molar-refractivity contribution in [2.45, 2.75) is 16.7 Å². The van der Waals surface area contributed by atoms with Crippen molar-refractivity contribution in [3.05, 3.63) is 64.7 Å². The van der Waals surface area contributed by atoms with E-state index in [2.05, 4.69) is 0 Å². The molecule has 0 bridgehead atoms. The number of esters is 1. The zero-order valence-corrected chi connectivity index (χ0v) is 14.0.